The van der Waals surface area contributed by atoms with Crippen LogP contribution in [-0.4, -0.2) is 9.13 Å². The Hall–Kier alpha value is -4.37. The van der Waals surface area contributed by atoms with E-state index in [9.17, 15) is 0 Å². The highest BCUT2D eigenvalue weighted by molar-refractivity contribution is 6.10. The highest BCUT2D eigenvalue weighted by atomic mass is 15.1. The van der Waals surface area contributed by atoms with Gasteiger partial charge in [-0.05, 0) is 31.2 Å². The van der Waals surface area contributed by atoms with Gasteiger partial charge in [0.05, 0.1) is 29.8 Å². The normalized spacial score (nSPS) is 11.8. The number of nitrogens with zero attached hydrogens (tertiary/aromatic N) is 3. The molecule has 0 saturated carbocycles. The highest BCUT2D eigenvalue weighted by Crippen LogP contribution is 2.35. The zero-order valence-electron chi connectivity index (χ0n) is 19.2. The van der Waals surface area contributed by atoms with E-state index in [-0.39, 0.29) is 0 Å². The molecule has 0 N–H and O–H groups in total. The van der Waals surface area contributed by atoms with Gasteiger partial charge in [0.2, 0.25) is 0 Å². The van der Waals surface area contributed by atoms with Crippen molar-refractivity contribution in [1.29, 1.82) is 0 Å². The van der Waals surface area contributed by atoms with Crippen LogP contribution < -0.4 is 4.57 Å². The van der Waals surface area contributed by atoms with E-state index in [0.717, 1.165) is 5.82 Å². The highest BCUT2D eigenvalue weighted by Gasteiger charge is 2.22. The maximum absolute atomic E-state index is 2.43. The summed E-state index contributed by atoms with van der Waals surface area (Å²) in [5.41, 5.74) is 6.09. The Labute approximate surface area is 197 Å². The molecule has 0 aliphatic carbocycles. The maximum Gasteiger partial charge on any atom is 0.288 e. The topological polar surface area (TPSA) is 13.7 Å². The summed E-state index contributed by atoms with van der Waals surface area (Å²) in [6, 6.07) is 37.1. The summed E-state index contributed by atoms with van der Waals surface area (Å²) >= 11 is 0. The van der Waals surface area contributed by atoms with Crippen molar-refractivity contribution >= 4 is 43.5 Å². The Morgan fingerprint density at radius 3 is 1.85 bits per heavy atom. The molecule has 0 fully saturated rings. The molecule has 3 nitrogen and oxygen atoms in total. The number of hydrogen-bond acceptors (Lipinski definition) is 0. The lowest BCUT2D eigenvalue weighted by Gasteiger charge is -2.14. The lowest BCUT2D eigenvalue weighted by atomic mass is 10.1. The molecule has 4 aromatic carbocycles. The molecule has 0 spiro atoms. The first kappa shape index (κ1) is 19.1. The molecular weight excluding hydrogens is 414 g/mol. The number of benzene rings is 4. The Morgan fingerprint density at radius 2 is 1.18 bits per heavy atom. The van der Waals surface area contributed by atoms with E-state index < -0.39 is 0 Å². The first-order valence-electron chi connectivity index (χ1n) is 11.7. The molecule has 162 valence electrons. The van der Waals surface area contributed by atoms with Gasteiger partial charge in [-0.15, -0.1) is 0 Å². The zero-order valence-corrected chi connectivity index (χ0v) is 19.2. The van der Waals surface area contributed by atoms with Crippen molar-refractivity contribution < 1.29 is 4.57 Å². The van der Waals surface area contributed by atoms with Crippen molar-refractivity contribution in [1.82, 2.24) is 9.13 Å². The van der Waals surface area contributed by atoms with Gasteiger partial charge in [0.25, 0.3) is 5.82 Å². The predicted octanol–water partition coefficient (Wildman–Crippen LogP) is 7.01. The minimum absolute atomic E-state index is 1.14. The second-order valence-corrected chi connectivity index (χ2v) is 9.01. The smallest absolute Gasteiger partial charge is 0.288 e. The quantitative estimate of drug-likeness (QED) is 0.258. The molecule has 0 radical (unpaired) electrons. The van der Waals surface area contributed by atoms with Crippen molar-refractivity contribution in [2.75, 3.05) is 0 Å². The second-order valence-electron chi connectivity index (χ2n) is 9.01. The fraction of sp³-hybridized carbons (Fsp3) is 0.0645. The van der Waals surface area contributed by atoms with Crippen molar-refractivity contribution in [2.24, 2.45) is 7.05 Å². The van der Waals surface area contributed by atoms with Crippen molar-refractivity contribution in [3.05, 3.63) is 115 Å². The molecule has 0 unspecified atom stereocenters. The third kappa shape index (κ3) is 2.55. The van der Waals surface area contributed by atoms with Gasteiger partial charge < -0.3 is 4.57 Å². The number of rotatable bonds is 2. The molecule has 0 saturated heterocycles. The van der Waals surface area contributed by atoms with Gasteiger partial charge in [-0.3, -0.25) is 0 Å². The van der Waals surface area contributed by atoms with Gasteiger partial charge in [0.15, 0.2) is 0 Å². The third-order valence-electron chi connectivity index (χ3n) is 7.20. The monoisotopic (exact) mass is 438 g/mol. The molecule has 34 heavy (non-hydrogen) atoms. The SMILES string of the molecule is Cc1c2ccccc2cn1-c1cc(-n2c3ccccc3c3ccccc32)c2ccccc2[n+]1C. The van der Waals surface area contributed by atoms with E-state index in [0.29, 0.717) is 0 Å². The fourth-order valence-electron chi connectivity index (χ4n) is 5.54. The van der Waals surface area contributed by atoms with E-state index in [4.69, 9.17) is 0 Å². The molecule has 3 aromatic heterocycles. The Balaban J connectivity index is 1.65. The number of hydrogen-bond donors (Lipinski definition) is 0. The van der Waals surface area contributed by atoms with Gasteiger partial charge >= 0.3 is 0 Å². The summed E-state index contributed by atoms with van der Waals surface area (Å²) in [4.78, 5) is 0. The van der Waals surface area contributed by atoms with Crippen LogP contribution in [0.25, 0.3) is 55.0 Å². The molecule has 0 atom stereocenters. The molecule has 3 heterocycles. The van der Waals surface area contributed by atoms with E-state index in [1.54, 1.807) is 0 Å². The first-order valence-corrected chi connectivity index (χ1v) is 11.7. The Kier molecular flexibility index (Phi) is 3.97. The zero-order chi connectivity index (χ0) is 22.8. The minimum atomic E-state index is 1.14. The average Bonchev–Trinajstić information content (AvgIpc) is 3.40. The lowest BCUT2D eigenvalue weighted by Crippen LogP contribution is -2.35. The molecule has 7 rings (SSSR count). The molecule has 7 aromatic rings. The summed E-state index contributed by atoms with van der Waals surface area (Å²) in [7, 11) is 2.16. The van der Waals surface area contributed by atoms with Crippen LogP contribution in [-0.2, 0) is 7.05 Å². The van der Waals surface area contributed by atoms with Crippen molar-refractivity contribution in [2.45, 2.75) is 6.92 Å². The summed E-state index contributed by atoms with van der Waals surface area (Å²) in [6.07, 6.45) is 2.25. The average molecular weight is 439 g/mol. The van der Waals surface area contributed by atoms with Gasteiger partial charge in [-0.1, -0.05) is 72.8 Å². The van der Waals surface area contributed by atoms with Crippen LogP contribution in [0.2, 0.25) is 0 Å². The molecule has 0 aliphatic rings. The molecule has 3 heteroatoms. The van der Waals surface area contributed by atoms with Crippen molar-refractivity contribution in [3.8, 4) is 11.5 Å². The van der Waals surface area contributed by atoms with Crippen LogP contribution in [0, 0.1) is 6.92 Å². The summed E-state index contributed by atoms with van der Waals surface area (Å²) < 4.78 is 7.06. The molecular formula is C31H24N3+. The van der Waals surface area contributed by atoms with Crippen LogP contribution in [0.5, 0.6) is 0 Å². The third-order valence-corrected chi connectivity index (χ3v) is 7.20. The summed E-state index contributed by atoms with van der Waals surface area (Å²) in [5, 5.41) is 6.33. The maximum atomic E-state index is 2.43. The van der Waals surface area contributed by atoms with E-state index >= 15 is 0 Å². The number of pyridine rings is 1. The number of aryl methyl sites for hydroxylation is 2. The molecule has 0 amide bonds. The summed E-state index contributed by atoms with van der Waals surface area (Å²) in [5.74, 6) is 1.14. The van der Waals surface area contributed by atoms with Gasteiger partial charge in [-0.2, -0.15) is 0 Å². The summed E-state index contributed by atoms with van der Waals surface area (Å²) in [6.45, 7) is 2.21. The lowest BCUT2D eigenvalue weighted by molar-refractivity contribution is -0.639. The minimum Gasteiger partial charge on any atom is -0.308 e. The fourth-order valence-corrected chi connectivity index (χ4v) is 5.54. The van der Waals surface area contributed by atoms with Crippen LogP contribution in [0.4, 0.5) is 0 Å². The van der Waals surface area contributed by atoms with E-state index in [2.05, 4.69) is 137 Å². The van der Waals surface area contributed by atoms with Gasteiger partial charge in [0, 0.05) is 26.9 Å². The standard InChI is InChI=1S/C31H24N3/c1-21-23-12-4-3-11-22(23)20-33(21)31-19-30(26-15-7-8-16-27(26)32(31)2)34-28-17-9-5-13-24(28)25-14-6-10-18-29(25)34/h3-20H,1-2H3/q+1. The van der Waals surface area contributed by atoms with Crippen molar-refractivity contribution in [3.63, 3.8) is 0 Å². The number of fused-ring (bicyclic) bond motifs is 5. The van der Waals surface area contributed by atoms with Crippen LogP contribution in [0.1, 0.15) is 5.69 Å². The number of aromatic nitrogens is 3. The van der Waals surface area contributed by atoms with Crippen LogP contribution >= 0.6 is 0 Å². The molecule has 0 bridgehead atoms. The van der Waals surface area contributed by atoms with Gasteiger partial charge in [-0.25, -0.2) is 9.13 Å². The van der Waals surface area contributed by atoms with E-state index in [1.165, 1.54) is 54.9 Å². The predicted molar refractivity (Wildman–Crippen MR) is 141 cm³/mol. The Morgan fingerprint density at radius 1 is 0.618 bits per heavy atom. The largest absolute Gasteiger partial charge is 0.308 e. The van der Waals surface area contributed by atoms with Gasteiger partial charge in [0.1, 0.15) is 17.4 Å². The van der Waals surface area contributed by atoms with Crippen LogP contribution in [0.3, 0.4) is 0 Å². The molecule has 0 aliphatic heterocycles. The second kappa shape index (κ2) is 7.06. The van der Waals surface area contributed by atoms with Crippen LogP contribution in [0.15, 0.2) is 109 Å². The Bertz CT molecular complexity index is 1830. The van der Waals surface area contributed by atoms with E-state index in [1.807, 2.05) is 0 Å². The first-order chi connectivity index (χ1) is 16.7. The number of para-hydroxylation sites is 3.